The molecule has 0 bridgehead atoms. The minimum Gasteiger partial charge on any atom is -0.481 e. The molecule has 0 aliphatic carbocycles. The smallest absolute Gasteiger partial charge is 0.213 e. The molecule has 82 valence electrons. The molecule has 3 nitrogen and oxygen atoms in total. The van der Waals surface area contributed by atoms with Crippen LogP contribution in [0.15, 0.2) is 18.2 Å². The molecular formula is C12H18N2O. The van der Waals surface area contributed by atoms with Crippen molar-refractivity contribution in [2.75, 3.05) is 13.7 Å². The lowest BCUT2D eigenvalue weighted by Crippen LogP contribution is -2.38. The van der Waals surface area contributed by atoms with Crippen LogP contribution in [0, 0.1) is 0 Å². The van der Waals surface area contributed by atoms with Gasteiger partial charge in [-0.25, -0.2) is 4.98 Å². The van der Waals surface area contributed by atoms with Crippen LogP contribution in [0.4, 0.5) is 0 Å². The number of rotatable bonds is 3. The molecule has 1 aromatic heterocycles. The van der Waals surface area contributed by atoms with Crippen molar-refractivity contribution >= 4 is 0 Å². The summed E-state index contributed by atoms with van der Waals surface area (Å²) in [6.45, 7) is 3.39. The first kappa shape index (κ1) is 10.4. The van der Waals surface area contributed by atoms with Crippen LogP contribution < -0.4 is 10.1 Å². The van der Waals surface area contributed by atoms with Gasteiger partial charge in [0, 0.05) is 23.7 Å². The van der Waals surface area contributed by atoms with E-state index in [9.17, 15) is 0 Å². The summed E-state index contributed by atoms with van der Waals surface area (Å²) < 4.78 is 5.12. The minimum absolute atomic E-state index is 0.222. The van der Waals surface area contributed by atoms with Crippen molar-refractivity contribution in [1.82, 2.24) is 10.3 Å². The van der Waals surface area contributed by atoms with Gasteiger partial charge in [0.1, 0.15) is 0 Å². The molecule has 0 amide bonds. The van der Waals surface area contributed by atoms with Gasteiger partial charge in [-0.05, 0) is 32.4 Å². The van der Waals surface area contributed by atoms with E-state index in [0.29, 0.717) is 5.88 Å². The van der Waals surface area contributed by atoms with Crippen LogP contribution in [-0.2, 0) is 6.42 Å². The van der Waals surface area contributed by atoms with Crippen molar-refractivity contribution < 1.29 is 4.74 Å². The van der Waals surface area contributed by atoms with E-state index in [-0.39, 0.29) is 5.54 Å². The first-order valence-corrected chi connectivity index (χ1v) is 5.47. The summed E-state index contributed by atoms with van der Waals surface area (Å²) in [5.74, 6) is 0.703. The maximum absolute atomic E-state index is 5.12. The SMILES string of the molecule is COc1cccc(CC2(C)CCCN2)n1. The Bertz CT molecular complexity index is 332. The number of nitrogens with one attached hydrogen (secondary N) is 1. The first-order valence-electron chi connectivity index (χ1n) is 5.47. The van der Waals surface area contributed by atoms with E-state index in [1.165, 1.54) is 12.8 Å². The van der Waals surface area contributed by atoms with Gasteiger partial charge < -0.3 is 10.1 Å². The second kappa shape index (κ2) is 4.19. The second-order valence-electron chi connectivity index (χ2n) is 4.44. The number of pyridine rings is 1. The van der Waals surface area contributed by atoms with Crippen LogP contribution in [0.5, 0.6) is 5.88 Å². The monoisotopic (exact) mass is 206 g/mol. The van der Waals surface area contributed by atoms with Gasteiger partial charge in [0.05, 0.1) is 7.11 Å². The highest BCUT2D eigenvalue weighted by Gasteiger charge is 2.28. The van der Waals surface area contributed by atoms with Gasteiger partial charge in [-0.1, -0.05) is 6.07 Å². The molecule has 0 radical (unpaired) electrons. The predicted molar refractivity (Wildman–Crippen MR) is 60.1 cm³/mol. The Hall–Kier alpha value is -1.09. The fourth-order valence-electron chi connectivity index (χ4n) is 2.18. The summed E-state index contributed by atoms with van der Waals surface area (Å²) >= 11 is 0. The number of hydrogen-bond acceptors (Lipinski definition) is 3. The molecule has 0 aromatic carbocycles. The molecule has 0 spiro atoms. The van der Waals surface area contributed by atoms with Crippen molar-refractivity contribution in [2.45, 2.75) is 31.7 Å². The standard InChI is InChI=1S/C12H18N2O/c1-12(7-4-8-13-12)9-10-5-3-6-11(14-10)15-2/h3,5-6,13H,4,7-9H2,1-2H3. The van der Waals surface area contributed by atoms with Gasteiger partial charge in [0.2, 0.25) is 5.88 Å². The van der Waals surface area contributed by atoms with E-state index in [1.807, 2.05) is 12.1 Å². The molecule has 1 aliphatic rings. The van der Waals surface area contributed by atoms with E-state index in [0.717, 1.165) is 18.7 Å². The van der Waals surface area contributed by atoms with E-state index >= 15 is 0 Å². The Morgan fingerprint density at radius 2 is 2.40 bits per heavy atom. The highest BCUT2D eigenvalue weighted by atomic mass is 16.5. The molecule has 3 heteroatoms. The molecule has 0 saturated carbocycles. The average molecular weight is 206 g/mol. The van der Waals surface area contributed by atoms with Gasteiger partial charge >= 0.3 is 0 Å². The number of ether oxygens (including phenoxy) is 1. The van der Waals surface area contributed by atoms with Crippen LogP contribution in [0.2, 0.25) is 0 Å². The lowest BCUT2D eigenvalue weighted by Gasteiger charge is -2.23. The Balaban J connectivity index is 2.09. The van der Waals surface area contributed by atoms with E-state index in [1.54, 1.807) is 7.11 Å². The lowest BCUT2D eigenvalue weighted by atomic mass is 9.94. The summed E-state index contributed by atoms with van der Waals surface area (Å²) in [5, 5.41) is 3.54. The Labute approximate surface area is 90.9 Å². The van der Waals surface area contributed by atoms with Gasteiger partial charge in [0.15, 0.2) is 0 Å². The van der Waals surface area contributed by atoms with Gasteiger partial charge in [0.25, 0.3) is 0 Å². The van der Waals surface area contributed by atoms with E-state index < -0.39 is 0 Å². The molecule has 1 aromatic rings. The van der Waals surface area contributed by atoms with Gasteiger partial charge in [-0.3, -0.25) is 0 Å². The summed E-state index contributed by atoms with van der Waals surface area (Å²) in [6, 6.07) is 5.95. The van der Waals surface area contributed by atoms with Crippen molar-refractivity contribution in [2.24, 2.45) is 0 Å². The van der Waals surface area contributed by atoms with Crippen molar-refractivity contribution in [3.8, 4) is 5.88 Å². The number of hydrogen-bond donors (Lipinski definition) is 1. The van der Waals surface area contributed by atoms with E-state index in [4.69, 9.17) is 4.74 Å². The number of nitrogens with zero attached hydrogens (tertiary/aromatic N) is 1. The zero-order chi connectivity index (χ0) is 10.7. The largest absolute Gasteiger partial charge is 0.481 e. The average Bonchev–Trinajstić information content (AvgIpc) is 2.65. The number of aromatic nitrogens is 1. The zero-order valence-electron chi connectivity index (χ0n) is 9.42. The fraction of sp³-hybridized carbons (Fsp3) is 0.583. The third-order valence-corrected chi connectivity index (χ3v) is 3.02. The summed E-state index contributed by atoms with van der Waals surface area (Å²) in [4.78, 5) is 4.44. The highest BCUT2D eigenvalue weighted by Crippen LogP contribution is 2.23. The van der Waals surface area contributed by atoms with Crippen molar-refractivity contribution in [3.05, 3.63) is 23.9 Å². The van der Waals surface area contributed by atoms with Crippen LogP contribution >= 0.6 is 0 Å². The maximum Gasteiger partial charge on any atom is 0.213 e. The summed E-state index contributed by atoms with van der Waals surface area (Å²) in [5.41, 5.74) is 1.32. The summed E-state index contributed by atoms with van der Waals surface area (Å²) in [7, 11) is 1.65. The quantitative estimate of drug-likeness (QED) is 0.818. The van der Waals surface area contributed by atoms with Crippen molar-refractivity contribution in [3.63, 3.8) is 0 Å². The Kier molecular flexibility index (Phi) is 2.91. The lowest BCUT2D eigenvalue weighted by molar-refractivity contribution is 0.384. The third-order valence-electron chi connectivity index (χ3n) is 3.02. The molecule has 1 atom stereocenters. The highest BCUT2D eigenvalue weighted by molar-refractivity contribution is 5.17. The van der Waals surface area contributed by atoms with Gasteiger partial charge in [-0.15, -0.1) is 0 Å². The normalized spacial score (nSPS) is 25.5. The van der Waals surface area contributed by atoms with E-state index in [2.05, 4.69) is 23.3 Å². The minimum atomic E-state index is 0.222. The van der Waals surface area contributed by atoms with Crippen LogP contribution in [-0.4, -0.2) is 24.2 Å². The van der Waals surface area contributed by atoms with Crippen LogP contribution in [0.1, 0.15) is 25.5 Å². The fourth-order valence-corrected chi connectivity index (χ4v) is 2.18. The molecule has 15 heavy (non-hydrogen) atoms. The Morgan fingerprint density at radius 3 is 3.07 bits per heavy atom. The van der Waals surface area contributed by atoms with Crippen LogP contribution in [0.3, 0.4) is 0 Å². The van der Waals surface area contributed by atoms with Gasteiger partial charge in [-0.2, -0.15) is 0 Å². The summed E-state index contributed by atoms with van der Waals surface area (Å²) in [6.07, 6.45) is 3.47. The molecule has 1 aliphatic heterocycles. The second-order valence-corrected chi connectivity index (χ2v) is 4.44. The molecule has 1 N–H and O–H groups in total. The third kappa shape index (κ3) is 2.48. The predicted octanol–water partition coefficient (Wildman–Crippen LogP) is 1.77. The molecule has 1 saturated heterocycles. The zero-order valence-corrected chi connectivity index (χ0v) is 9.42. The molecule has 2 rings (SSSR count). The van der Waals surface area contributed by atoms with Crippen molar-refractivity contribution in [1.29, 1.82) is 0 Å². The first-order chi connectivity index (χ1) is 7.22. The molecule has 1 unspecified atom stereocenters. The molecule has 1 fully saturated rings. The maximum atomic E-state index is 5.12. The molecular weight excluding hydrogens is 188 g/mol. The number of methoxy groups -OCH3 is 1. The Morgan fingerprint density at radius 1 is 1.53 bits per heavy atom. The van der Waals surface area contributed by atoms with Crippen LogP contribution in [0.25, 0.3) is 0 Å². The topological polar surface area (TPSA) is 34.1 Å². The molecule has 2 heterocycles.